The molecule has 0 saturated carbocycles. The van der Waals surface area contributed by atoms with Crippen LogP contribution in [0.5, 0.6) is 0 Å². The Bertz CT molecular complexity index is 219. The van der Waals surface area contributed by atoms with Crippen molar-refractivity contribution in [1.29, 1.82) is 0 Å². The van der Waals surface area contributed by atoms with E-state index in [1.165, 1.54) is 88.6 Å². The van der Waals surface area contributed by atoms with Gasteiger partial charge in [0.25, 0.3) is 0 Å². The maximum atomic E-state index is 2.42. The maximum Gasteiger partial charge on any atom is 0.0502 e. The minimum Gasteiger partial charge on any atom is -0.148 e. The smallest absolute Gasteiger partial charge is 0.0502 e. The third-order valence-corrected chi connectivity index (χ3v) is 6.93. The summed E-state index contributed by atoms with van der Waals surface area (Å²) in [6, 6.07) is 0. The molecule has 0 aromatic rings. The monoisotopic (exact) mass is 314 g/mol. The van der Waals surface area contributed by atoms with Gasteiger partial charge in [0, 0.05) is 0 Å². The van der Waals surface area contributed by atoms with Crippen LogP contribution in [0.1, 0.15) is 84.0 Å². The summed E-state index contributed by atoms with van der Waals surface area (Å²) >= 11 is 4.40. The molecule has 1 aliphatic rings. The molecule has 0 aliphatic carbocycles. The predicted molar refractivity (Wildman–Crippen MR) is 98.9 cm³/mol. The van der Waals surface area contributed by atoms with E-state index < -0.39 is 0 Å². The van der Waals surface area contributed by atoms with Crippen LogP contribution in [0.15, 0.2) is 12.2 Å². The predicted octanol–water partition coefficient (Wildman–Crippen LogP) is 7.05. The Hall–Kier alpha value is 0.440. The lowest BCUT2D eigenvalue weighted by atomic mass is 10.1. The van der Waals surface area contributed by atoms with E-state index in [4.69, 9.17) is 0 Å². The Morgan fingerprint density at radius 3 is 2.05 bits per heavy atom. The highest BCUT2D eigenvalue weighted by Gasteiger charge is 2.13. The van der Waals surface area contributed by atoms with Crippen molar-refractivity contribution in [2.24, 2.45) is 0 Å². The average molecular weight is 315 g/mol. The van der Waals surface area contributed by atoms with Gasteiger partial charge in [-0.1, -0.05) is 57.6 Å². The van der Waals surface area contributed by atoms with Gasteiger partial charge < -0.3 is 0 Å². The number of hydrogen-bond donors (Lipinski definition) is 0. The van der Waals surface area contributed by atoms with E-state index in [-0.39, 0.29) is 0 Å². The molecule has 1 heterocycles. The molecule has 0 aromatic carbocycles. The molecule has 20 heavy (non-hydrogen) atoms. The molecular formula is C18H34S2. The molecule has 0 nitrogen and oxygen atoms in total. The normalized spacial score (nSPS) is 17.1. The van der Waals surface area contributed by atoms with Crippen LogP contribution in [0.3, 0.4) is 0 Å². The van der Waals surface area contributed by atoms with Gasteiger partial charge in [-0.3, -0.25) is 0 Å². The summed E-state index contributed by atoms with van der Waals surface area (Å²) < 4.78 is 0.923. The summed E-state index contributed by atoms with van der Waals surface area (Å²) in [6.07, 6.45) is 21.6. The van der Waals surface area contributed by atoms with Crippen LogP contribution >= 0.6 is 23.5 Å². The largest absolute Gasteiger partial charge is 0.148 e. The number of unbranched alkanes of at least 4 members (excludes halogenated alkanes) is 8. The lowest BCUT2D eigenvalue weighted by Crippen LogP contribution is -2.06. The molecule has 1 aliphatic heterocycles. The van der Waals surface area contributed by atoms with Gasteiger partial charge in [-0.2, -0.15) is 0 Å². The van der Waals surface area contributed by atoms with Crippen LogP contribution in [0.2, 0.25) is 0 Å². The number of hydrogen-bond acceptors (Lipinski definition) is 2. The van der Waals surface area contributed by atoms with Gasteiger partial charge in [0.2, 0.25) is 0 Å². The summed E-state index contributed by atoms with van der Waals surface area (Å²) in [5.41, 5.74) is 0. The Morgan fingerprint density at radius 2 is 1.40 bits per heavy atom. The molecule has 0 spiro atoms. The average Bonchev–Trinajstić information content (AvgIpc) is 2.49. The lowest BCUT2D eigenvalue weighted by molar-refractivity contribution is 0.632. The first-order valence-corrected chi connectivity index (χ1v) is 10.9. The Labute approximate surface area is 135 Å². The second-order valence-electron chi connectivity index (χ2n) is 5.84. The summed E-state index contributed by atoms with van der Waals surface area (Å²) in [5, 5.41) is 0. The Kier molecular flexibility index (Phi) is 13.3. The van der Waals surface area contributed by atoms with Crippen molar-refractivity contribution in [3.63, 3.8) is 0 Å². The zero-order valence-corrected chi connectivity index (χ0v) is 15.1. The van der Waals surface area contributed by atoms with Crippen molar-refractivity contribution in [3.8, 4) is 0 Å². The van der Waals surface area contributed by atoms with Gasteiger partial charge in [0.15, 0.2) is 0 Å². The standard InChI is InChI=1S/C18H34S2/c1-2-3-4-5-6-7-8-9-10-11-12-13-15-18-19-16-14-17-20-18/h7-8,18H,2-6,9-17H2,1H3/b8-7-. The minimum atomic E-state index is 0.923. The van der Waals surface area contributed by atoms with Crippen LogP contribution in [0, 0.1) is 0 Å². The zero-order valence-electron chi connectivity index (χ0n) is 13.4. The molecular weight excluding hydrogens is 280 g/mol. The highest BCUT2D eigenvalue weighted by Crippen LogP contribution is 2.34. The van der Waals surface area contributed by atoms with Crippen LogP contribution in [0.25, 0.3) is 0 Å². The zero-order chi connectivity index (χ0) is 14.3. The Morgan fingerprint density at radius 1 is 0.800 bits per heavy atom. The highest BCUT2D eigenvalue weighted by atomic mass is 32.2. The fourth-order valence-electron chi connectivity index (χ4n) is 2.55. The molecule has 0 atom stereocenters. The molecule has 0 amide bonds. The van der Waals surface area contributed by atoms with Crippen molar-refractivity contribution in [1.82, 2.24) is 0 Å². The molecule has 2 heteroatoms. The molecule has 1 fully saturated rings. The van der Waals surface area contributed by atoms with Gasteiger partial charge >= 0.3 is 0 Å². The van der Waals surface area contributed by atoms with Crippen LogP contribution in [0.4, 0.5) is 0 Å². The third kappa shape index (κ3) is 11.1. The van der Waals surface area contributed by atoms with Crippen molar-refractivity contribution in [2.75, 3.05) is 11.5 Å². The number of allylic oxidation sites excluding steroid dienone is 2. The molecule has 0 unspecified atom stereocenters. The second-order valence-corrected chi connectivity index (χ2v) is 8.76. The number of rotatable bonds is 12. The summed E-state index contributed by atoms with van der Waals surface area (Å²) in [5.74, 6) is 2.81. The highest BCUT2D eigenvalue weighted by molar-refractivity contribution is 8.17. The summed E-state index contributed by atoms with van der Waals surface area (Å²) in [4.78, 5) is 0. The van der Waals surface area contributed by atoms with Crippen molar-refractivity contribution >= 4 is 23.5 Å². The molecule has 0 aromatic heterocycles. The topological polar surface area (TPSA) is 0 Å². The van der Waals surface area contributed by atoms with E-state index in [1.54, 1.807) is 0 Å². The van der Waals surface area contributed by atoms with Gasteiger partial charge in [-0.25, -0.2) is 0 Å². The first-order valence-electron chi connectivity index (χ1n) is 8.81. The molecule has 118 valence electrons. The fraction of sp³-hybridized carbons (Fsp3) is 0.889. The third-order valence-electron chi connectivity index (χ3n) is 3.85. The summed E-state index contributed by atoms with van der Waals surface area (Å²) in [6.45, 7) is 2.28. The van der Waals surface area contributed by atoms with Crippen molar-refractivity contribution in [3.05, 3.63) is 12.2 Å². The second kappa shape index (κ2) is 14.4. The van der Waals surface area contributed by atoms with Crippen LogP contribution in [-0.2, 0) is 0 Å². The van der Waals surface area contributed by atoms with E-state index in [9.17, 15) is 0 Å². The van der Waals surface area contributed by atoms with E-state index >= 15 is 0 Å². The first kappa shape index (κ1) is 18.5. The van der Waals surface area contributed by atoms with E-state index in [2.05, 4.69) is 42.6 Å². The summed E-state index contributed by atoms with van der Waals surface area (Å²) in [7, 11) is 0. The molecule has 0 N–H and O–H groups in total. The molecule has 1 saturated heterocycles. The van der Waals surface area contributed by atoms with Crippen LogP contribution < -0.4 is 0 Å². The van der Waals surface area contributed by atoms with E-state index in [1.807, 2.05) is 0 Å². The van der Waals surface area contributed by atoms with Gasteiger partial charge in [0.1, 0.15) is 0 Å². The minimum absolute atomic E-state index is 0.923. The van der Waals surface area contributed by atoms with Gasteiger partial charge in [-0.05, 0) is 50.0 Å². The number of thioether (sulfide) groups is 2. The van der Waals surface area contributed by atoms with E-state index in [0.717, 1.165) is 4.58 Å². The Balaban J connectivity index is 1.76. The van der Waals surface area contributed by atoms with Crippen LogP contribution in [-0.4, -0.2) is 16.1 Å². The van der Waals surface area contributed by atoms with Crippen molar-refractivity contribution < 1.29 is 0 Å². The van der Waals surface area contributed by atoms with Gasteiger partial charge in [0.05, 0.1) is 4.58 Å². The first-order chi connectivity index (χ1) is 9.93. The van der Waals surface area contributed by atoms with Crippen molar-refractivity contribution in [2.45, 2.75) is 88.6 Å². The SMILES string of the molecule is CCCCCC/C=C\CCCCCCC1SCCCS1. The fourth-order valence-corrected chi connectivity index (χ4v) is 5.51. The molecule has 0 bridgehead atoms. The molecule has 0 radical (unpaired) electrons. The molecule has 1 rings (SSSR count). The maximum absolute atomic E-state index is 2.42. The lowest BCUT2D eigenvalue weighted by Gasteiger charge is -2.20. The van der Waals surface area contributed by atoms with Gasteiger partial charge in [-0.15, -0.1) is 23.5 Å². The van der Waals surface area contributed by atoms with E-state index in [0.29, 0.717) is 0 Å². The quantitative estimate of drug-likeness (QED) is 0.279.